The summed E-state index contributed by atoms with van der Waals surface area (Å²) in [7, 11) is -3.57. The fraction of sp³-hybridized carbons (Fsp3) is 0.450. The van der Waals surface area contributed by atoms with Crippen LogP contribution in [0.1, 0.15) is 35.8 Å². The number of hydrogen-bond acceptors (Lipinski definition) is 7. The zero-order valence-corrected chi connectivity index (χ0v) is 18.0. The molecule has 2 aromatic rings. The van der Waals surface area contributed by atoms with E-state index < -0.39 is 10.0 Å². The molecular formula is C20H27N5O4S. The first-order valence-corrected chi connectivity index (χ1v) is 11.4. The predicted molar refractivity (Wildman–Crippen MR) is 114 cm³/mol. The van der Waals surface area contributed by atoms with Crippen molar-refractivity contribution in [2.45, 2.75) is 31.6 Å². The molecule has 162 valence electrons. The summed E-state index contributed by atoms with van der Waals surface area (Å²) in [5.74, 6) is 0.145. The maximum atomic E-state index is 12.7. The number of nitrogens with one attached hydrogen (secondary N) is 2. The van der Waals surface area contributed by atoms with Crippen molar-refractivity contribution in [3.63, 3.8) is 0 Å². The van der Waals surface area contributed by atoms with E-state index in [0.29, 0.717) is 49.2 Å². The molecule has 1 saturated heterocycles. The van der Waals surface area contributed by atoms with Crippen molar-refractivity contribution in [3.8, 4) is 0 Å². The summed E-state index contributed by atoms with van der Waals surface area (Å²) in [6.45, 7) is 6.09. The molecule has 1 aromatic carbocycles. The van der Waals surface area contributed by atoms with Crippen molar-refractivity contribution in [2.75, 3.05) is 43.5 Å². The first-order valence-electron chi connectivity index (χ1n) is 9.98. The molecule has 1 aliphatic heterocycles. The molecule has 3 rings (SSSR count). The topological polar surface area (TPSA) is 114 Å². The van der Waals surface area contributed by atoms with Crippen LogP contribution in [-0.4, -0.2) is 61.4 Å². The normalized spacial score (nSPS) is 15.0. The second-order valence-electron chi connectivity index (χ2n) is 6.97. The van der Waals surface area contributed by atoms with Gasteiger partial charge in [0.25, 0.3) is 5.91 Å². The van der Waals surface area contributed by atoms with Crippen LogP contribution < -0.4 is 10.6 Å². The van der Waals surface area contributed by atoms with Gasteiger partial charge in [-0.05, 0) is 37.6 Å². The Morgan fingerprint density at radius 1 is 1.20 bits per heavy atom. The van der Waals surface area contributed by atoms with Gasteiger partial charge in [-0.1, -0.05) is 13.3 Å². The van der Waals surface area contributed by atoms with Gasteiger partial charge in [-0.25, -0.2) is 18.4 Å². The summed E-state index contributed by atoms with van der Waals surface area (Å²) in [6.07, 6.45) is 3.57. The molecule has 0 unspecified atom stereocenters. The van der Waals surface area contributed by atoms with Crippen molar-refractivity contribution >= 4 is 27.6 Å². The van der Waals surface area contributed by atoms with Gasteiger partial charge in [0.1, 0.15) is 0 Å². The number of rotatable bonds is 8. The second-order valence-corrected chi connectivity index (χ2v) is 8.91. The predicted octanol–water partition coefficient (Wildman–Crippen LogP) is 2.27. The molecule has 0 radical (unpaired) electrons. The van der Waals surface area contributed by atoms with Gasteiger partial charge in [0.05, 0.1) is 29.4 Å². The molecule has 0 atom stereocenters. The number of amides is 1. The maximum absolute atomic E-state index is 12.7. The second kappa shape index (κ2) is 9.96. The molecule has 1 fully saturated rings. The molecule has 9 nitrogen and oxygen atoms in total. The summed E-state index contributed by atoms with van der Waals surface area (Å²) < 4.78 is 32.0. The summed E-state index contributed by atoms with van der Waals surface area (Å²) in [5.41, 5.74) is 1.42. The number of ether oxygens (including phenoxy) is 1. The smallest absolute Gasteiger partial charge is 0.259 e. The number of carbonyl (C=O) groups is 1. The molecule has 2 N–H and O–H groups in total. The number of aromatic nitrogens is 2. The van der Waals surface area contributed by atoms with Crippen LogP contribution in [-0.2, 0) is 14.8 Å². The monoisotopic (exact) mass is 433 g/mol. The van der Waals surface area contributed by atoms with Crippen LogP contribution in [0.25, 0.3) is 0 Å². The number of aryl methyl sites for hydroxylation is 1. The van der Waals surface area contributed by atoms with Crippen LogP contribution in [0, 0.1) is 6.92 Å². The summed E-state index contributed by atoms with van der Waals surface area (Å²) in [5, 5.41) is 5.89. The van der Waals surface area contributed by atoms with Crippen molar-refractivity contribution in [2.24, 2.45) is 0 Å². The Labute approximate surface area is 176 Å². The highest BCUT2D eigenvalue weighted by Gasteiger charge is 2.26. The highest BCUT2D eigenvalue weighted by atomic mass is 32.2. The zero-order chi connectivity index (χ0) is 21.6. The first kappa shape index (κ1) is 22.1. The Morgan fingerprint density at radius 3 is 2.53 bits per heavy atom. The Morgan fingerprint density at radius 2 is 1.90 bits per heavy atom. The van der Waals surface area contributed by atoms with Gasteiger partial charge in [0, 0.05) is 31.5 Å². The molecule has 1 aliphatic rings. The third kappa shape index (κ3) is 5.32. The number of nitrogens with zero attached hydrogens (tertiary/aromatic N) is 3. The van der Waals surface area contributed by atoms with E-state index in [4.69, 9.17) is 4.74 Å². The van der Waals surface area contributed by atoms with Crippen LogP contribution >= 0.6 is 0 Å². The number of sulfonamides is 1. The quantitative estimate of drug-likeness (QED) is 0.614. The first-order chi connectivity index (χ1) is 14.4. The molecule has 30 heavy (non-hydrogen) atoms. The lowest BCUT2D eigenvalue weighted by Crippen LogP contribution is -2.40. The number of benzene rings is 1. The number of hydrogen-bond donors (Lipinski definition) is 2. The van der Waals surface area contributed by atoms with E-state index in [1.165, 1.54) is 22.6 Å². The number of carbonyl (C=O) groups excluding carboxylic acids is 1. The third-order valence-corrected chi connectivity index (χ3v) is 6.67. The molecule has 2 heterocycles. The number of unbranched alkanes of at least 4 members (excludes halogenated alkanes) is 1. The van der Waals surface area contributed by atoms with E-state index in [2.05, 4.69) is 27.5 Å². The van der Waals surface area contributed by atoms with Crippen LogP contribution in [0.15, 0.2) is 35.4 Å². The van der Waals surface area contributed by atoms with Gasteiger partial charge in [0.15, 0.2) is 0 Å². The fourth-order valence-electron chi connectivity index (χ4n) is 3.00. The third-order valence-electron chi connectivity index (χ3n) is 4.76. The number of anilines is 2. The lowest BCUT2D eigenvalue weighted by atomic mass is 10.2. The SMILES string of the molecule is CCCCNc1ncc(C(=O)Nc2ccc(S(=O)(=O)N3CCOCC3)cc2)c(C)n1. The standard InChI is InChI=1S/C20H27N5O4S/c1-3-4-9-21-20-22-14-18(15(2)23-20)19(26)24-16-5-7-17(8-6-16)30(27,28)25-10-12-29-13-11-25/h5-8,14H,3-4,9-13H2,1-2H3,(H,24,26)(H,21,22,23). The van der Waals surface area contributed by atoms with E-state index in [0.717, 1.165) is 19.4 Å². The minimum absolute atomic E-state index is 0.185. The van der Waals surface area contributed by atoms with Crippen LogP contribution in [0.3, 0.4) is 0 Å². The zero-order valence-electron chi connectivity index (χ0n) is 17.2. The van der Waals surface area contributed by atoms with Crippen molar-refractivity contribution in [3.05, 3.63) is 41.7 Å². The van der Waals surface area contributed by atoms with Gasteiger partial charge >= 0.3 is 0 Å². The van der Waals surface area contributed by atoms with Crippen LogP contribution in [0.2, 0.25) is 0 Å². The Kier molecular flexibility index (Phi) is 7.35. The highest BCUT2D eigenvalue weighted by Crippen LogP contribution is 2.20. The molecule has 0 spiro atoms. The fourth-order valence-corrected chi connectivity index (χ4v) is 4.40. The molecule has 0 aliphatic carbocycles. The van der Waals surface area contributed by atoms with Gasteiger partial charge in [-0.3, -0.25) is 4.79 Å². The number of morpholine rings is 1. The van der Waals surface area contributed by atoms with E-state index in [1.54, 1.807) is 19.1 Å². The van der Waals surface area contributed by atoms with Crippen molar-refractivity contribution in [1.82, 2.24) is 14.3 Å². The van der Waals surface area contributed by atoms with Crippen molar-refractivity contribution < 1.29 is 17.9 Å². The lowest BCUT2D eigenvalue weighted by molar-refractivity contribution is 0.0730. The summed E-state index contributed by atoms with van der Waals surface area (Å²) in [4.78, 5) is 21.3. The molecular weight excluding hydrogens is 406 g/mol. The average molecular weight is 434 g/mol. The van der Waals surface area contributed by atoms with E-state index in [9.17, 15) is 13.2 Å². The Hall–Kier alpha value is -2.56. The van der Waals surface area contributed by atoms with Crippen molar-refractivity contribution in [1.29, 1.82) is 0 Å². The van der Waals surface area contributed by atoms with E-state index in [-0.39, 0.29) is 10.8 Å². The van der Waals surface area contributed by atoms with Crippen LogP contribution in [0.4, 0.5) is 11.6 Å². The van der Waals surface area contributed by atoms with Crippen LogP contribution in [0.5, 0.6) is 0 Å². The van der Waals surface area contributed by atoms with E-state index in [1.807, 2.05) is 0 Å². The molecule has 1 amide bonds. The minimum atomic E-state index is -3.57. The largest absolute Gasteiger partial charge is 0.379 e. The van der Waals surface area contributed by atoms with Gasteiger partial charge < -0.3 is 15.4 Å². The molecule has 1 aromatic heterocycles. The summed E-state index contributed by atoms with van der Waals surface area (Å²) >= 11 is 0. The Bertz CT molecular complexity index is 973. The lowest BCUT2D eigenvalue weighted by Gasteiger charge is -2.26. The minimum Gasteiger partial charge on any atom is -0.379 e. The van der Waals surface area contributed by atoms with Gasteiger partial charge in [0.2, 0.25) is 16.0 Å². The van der Waals surface area contributed by atoms with E-state index >= 15 is 0 Å². The summed E-state index contributed by atoms with van der Waals surface area (Å²) in [6, 6.07) is 6.12. The van der Waals surface area contributed by atoms with Gasteiger partial charge in [-0.15, -0.1) is 0 Å². The molecule has 10 heteroatoms. The highest BCUT2D eigenvalue weighted by molar-refractivity contribution is 7.89. The Balaban J connectivity index is 1.66. The molecule has 0 bridgehead atoms. The van der Waals surface area contributed by atoms with Gasteiger partial charge in [-0.2, -0.15) is 4.31 Å². The average Bonchev–Trinajstić information content (AvgIpc) is 2.75. The molecule has 0 saturated carbocycles. The maximum Gasteiger partial charge on any atom is 0.259 e.